The van der Waals surface area contributed by atoms with Crippen molar-refractivity contribution >= 4 is 5.97 Å². The Morgan fingerprint density at radius 1 is 0.500 bits per heavy atom. The molecule has 0 N–H and O–H groups in total. The van der Waals surface area contributed by atoms with Crippen molar-refractivity contribution in [2.24, 2.45) is 0 Å². The summed E-state index contributed by atoms with van der Waals surface area (Å²) in [5, 5.41) is 9.61. The maximum atomic E-state index is 12.8. The van der Waals surface area contributed by atoms with Gasteiger partial charge in [0, 0.05) is 0 Å². The average molecular weight is 452 g/mol. The number of hydrogen-bond acceptors (Lipinski definition) is 2. The monoisotopic (exact) mass is 452 g/mol. The fourth-order valence-electron chi connectivity index (χ4n) is 1.09. The largest absolute Gasteiger partial charge is 1.00 e. The van der Waals surface area contributed by atoms with E-state index in [0.29, 0.717) is 0 Å². The summed E-state index contributed by atoms with van der Waals surface area (Å²) in [5.74, 6) is -53.3. The van der Waals surface area contributed by atoms with Crippen LogP contribution in [0, 0.1) is 0 Å². The van der Waals surface area contributed by atoms with Crippen LogP contribution in [0.3, 0.4) is 0 Å². The Kier molecular flexibility index (Phi) is 7.77. The minimum atomic E-state index is -8.50. The quantitative estimate of drug-likeness (QED) is 0.425. The molecular formula is C8F15KO2. The third-order valence-electron chi connectivity index (χ3n) is 2.58. The van der Waals surface area contributed by atoms with Gasteiger partial charge in [-0.1, -0.05) is 0 Å². The van der Waals surface area contributed by atoms with Crippen molar-refractivity contribution in [1.29, 1.82) is 0 Å². The first-order valence-electron chi connectivity index (χ1n) is 4.99. The molecule has 0 spiro atoms. The number of carboxylic acid groups (broad SMARTS) is 1. The molecule has 0 aliphatic rings. The van der Waals surface area contributed by atoms with Gasteiger partial charge in [0.25, 0.3) is 0 Å². The van der Waals surface area contributed by atoms with Crippen LogP contribution in [0.4, 0.5) is 65.9 Å². The number of hydrogen-bond donors (Lipinski definition) is 0. The predicted octanol–water partition coefficient (Wildman–Crippen LogP) is 0.114. The van der Waals surface area contributed by atoms with Crippen molar-refractivity contribution in [2.75, 3.05) is 0 Å². The zero-order chi connectivity index (χ0) is 21.1. The van der Waals surface area contributed by atoms with Crippen LogP contribution >= 0.6 is 0 Å². The molecule has 0 amide bonds. The van der Waals surface area contributed by atoms with Crippen molar-refractivity contribution in [3.8, 4) is 0 Å². The number of carbonyl (C=O) groups is 1. The molecule has 0 saturated heterocycles. The van der Waals surface area contributed by atoms with Crippen molar-refractivity contribution in [1.82, 2.24) is 0 Å². The summed E-state index contributed by atoms with van der Waals surface area (Å²) in [5.41, 5.74) is 0. The minimum absolute atomic E-state index is 0. The van der Waals surface area contributed by atoms with Gasteiger partial charge in [-0.2, -0.15) is 65.9 Å². The maximum absolute atomic E-state index is 12.8. The fourth-order valence-corrected chi connectivity index (χ4v) is 1.09. The van der Waals surface area contributed by atoms with E-state index < -0.39 is 47.7 Å². The molecule has 0 saturated carbocycles. The first-order chi connectivity index (χ1) is 10.4. The molecule has 0 aromatic heterocycles. The summed E-state index contributed by atoms with van der Waals surface area (Å²) in [6, 6.07) is 0. The molecule has 0 aromatic rings. The van der Waals surface area contributed by atoms with Crippen LogP contribution in [0.25, 0.3) is 0 Å². The number of rotatable bonds is 6. The van der Waals surface area contributed by atoms with Gasteiger partial charge < -0.3 is 9.90 Å². The van der Waals surface area contributed by atoms with Crippen LogP contribution in [0.5, 0.6) is 0 Å². The van der Waals surface area contributed by atoms with Crippen molar-refractivity contribution in [2.45, 2.75) is 41.7 Å². The van der Waals surface area contributed by atoms with E-state index in [1.807, 2.05) is 0 Å². The Labute approximate surface area is 174 Å². The van der Waals surface area contributed by atoms with E-state index >= 15 is 0 Å². The van der Waals surface area contributed by atoms with Gasteiger partial charge in [-0.25, -0.2) is 0 Å². The number of carbonyl (C=O) groups excluding carboxylic acids is 1. The molecule has 0 aromatic carbocycles. The maximum Gasteiger partial charge on any atom is 1.00 e. The topological polar surface area (TPSA) is 40.1 Å². The molecule has 2 nitrogen and oxygen atoms in total. The fraction of sp³-hybridized carbons (Fsp3) is 0.875. The third kappa shape index (κ3) is 3.55. The first kappa shape index (κ1) is 28.3. The van der Waals surface area contributed by atoms with E-state index in [2.05, 4.69) is 0 Å². The van der Waals surface area contributed by atoms with Gasteiger partial charge >= 0.3 is 93.1 Å². The van der Waals surface area contributed by atoms with E-state index in [0.717, 1.165) is 0 Å². The van der Waals surface area contributed by atoms with Crippen LogP contribution < -0.4 is 56.5 Å². The molecule has 0 aliphatic heterocycles. The molecule has 0 rings (SSSR count). The minimum Gasteiger partial charge on any atom is -0.544 e. The summed E-state index contributed by atoms with van der Waals surface area (Å²) in [4.78, 5) is 9.61. The van der Waals surface area contributed by atoms with Crippen molar-refractivity contribution < 1.29 is 127 Å². The molecule has 0 fully saturated rings. The van der Waals surface area contributed by atoms with Gasteiger partial charge in [0.15, 0.2) is 0 Å². The van der Waals surface area contributed by atoms with E-state index in [1.54, 1.807) is 0 Å². The Balaban J connectivity index is 0. The van der Waals surface area contributed by atoms with Gasteiger partial charge in [-0.3, -0.25) is 0 Å². The van der Waals surface area contributed by atoms with Gasteiger partial charge in [0.1, 0.15) is 5.97 Å². The number of alkyl halides is 15. The first-order valence-corrected chi connectivity index (χ1v) is 4.99. The van der Waals surface area contributed by atoms with Crippen LogP contribution in [0.15, 0.2) is 0 Å². The summed E-state index contributed by atoms with van der Waals surface area (Å²) in [6.45, 7) is 0. The smallest absolute Gasteiger partial charge is 0.544 e. The van der Waals surface area contributed by atoms with Crippen molar-refractivity contribution in [3.63, 3.8) is 0 Å². The number of halogens is 15. The molecule has 150 valence electrons. The Morgan fingerprint density at radius 2 is 0.731 bits per heavy atom. The van der Waals surface area contributed by atoms with Gasteiger partial charge in [0.05, 0.1) is 0 Å². The molecule has 0 aliphatic carbocycles. The van der Waals surface area contributed by atoms with Crippen LogP contribution in [-0.2, 0) is 4.79 Å². The van der Waals surface area contributed by atoms with Crippen LogP contribution in [0.2, 0.25) is 0 Å². The zero-order valence-electron chi connectivity index (χ0n) is 11.5. The predicted molar refractivity (Wildman–Crippen MR) is 40.7 cm³/mol. The summed E-state index contributed by atoms with van der Waals surface area (Å²) >= 11 is 0. The standard InChI is InChI=1S/C8HF15O2.K/c9-2(10,1(24)25)3(11,12)4(13,14)5(15,16)6(17,18)7(19,20)8(21,22)23;/h(H,24,25);/q;+1/p-1. The van der Waals surface area contributed by atoms with E-state index in [9.17, 15) is 75.8 Å². The van der Waals surface area contributed by atoms with Crippen LogP contribution in [0.1, 0.15) is 0 Å². The summed E-state index contributed by atoms with van der Waals surface area (Å²) in [6.07, 6.45) is -7.71. The van der Waals surface area contributed by atoms with E-state index in [1.165, 1.54) is 0 Å². The SMILES string of the molecule is O=C([O-])C(F)(F)C(F)(F)C(F)(F)C(F)(F)C(F)(F)C(F)(F)C(F)(F)F.[K+]. The number of carboxylic acids is 1. The average Bonchev–Trinajstić information content (AvgIpc) is 2.35. The Bertz CT molecular complexity index is 536. The summed E-state index contributed by atoms with van der Waals surface area (Å²) in [7, 11) is 0. The molecule has 18 heteroatoms. The van der Waals surface area contributed by atoms with Gasteiger partial charge in [0.2, 0.25) is 0 Å². The van der Waals surface area contributed by atoms with Gasteiger partial charge in [-0.05, 0) is 0 Å². The molecule has 0 unspecified atom stereocenters. The second-order valence-electron chi connectivity index (χ2n) is 4.23. The second-order valence-corrected chi connectivity index (χ2v) is 4.23. The molecule has 0 atom stereocenters. The van der Waals surface area contributed by atoms with Gasteiger partial charge in [-0.15, -0.1) is 0 Å². The molecule has 26 heavy (non-hydrogen) atoms. The van der Waals surface area contributed by atoms with Crippen LogP contribution in [-0.4, -0.2) is 47.7 Å². The zero-order valence-corrected chi connectivity index (χ0v) is 14.6. The summed E-state index contributed by atoms with van der Waals surface area (Å²) < 4.78 is 186. The molecule has 0 radical (unpaired) electrons. The van der Waals surface area contributed by atoms with E-state index in [4.69, 9.17) is 0 Å². The Morgan fingerprint density at radius 3 is 0.962 bits per heavy atom. The number of aliphatic carboxylic acids is 1. The third-order valence-corrected chi connectivity index (χ3v) is 2.58. The normalized spacial score (nSPS) is 15.5. The molecular weight excluding hydrogens is 452 g/mol. The Hall–Kier alpha value is 0.0564. The van der Waals surface area contributed by atoms with E-state index in [-0.39, 0.29) is 51.4 Å². The van der Waals surface area contributed by atoms with Crippen molar-refractivity contribution in [3.05, 3.63) is 0 Å². The molecule has 0 heterocycles. The second kappa shape index (κ2) is 7.14. The molecule has 0 bridgehead atoms.